The van der Waals surface area contributed by atoms with Crippen LogP contribution in [0.5, 0.6) is 0 Å². The average molecular weight is 381 g/mol. The van der Waals surface area contributed by atoms with Gasteiger partial charge in [0, 0.05) is 18.1 Å². The van der Waals surface area contributed by atoms with Gasteiger partial charge in [0.15, 0.2) is 0 Å². The van der Waals surface area contributed by atoms with Crippen molar-refractivity contribution in [3.63, 3.8) is 0 Å². The first-order valence-electron chi connectivity index (χ1n) is 6.82. The third kappa shape index (κ3) is 4.18. The molecule has 2 rings (SSSR count). The minimum absolute atomic E-state index is 0.124. The summed E-state index contributed by atoms with van der Waals surface area (Å²) in [4.78, 5) is 26.6. The Balaban J connectivity index is 1.95. The van der Waals surface area contributed by atoms with Crippen LogP contribution in [0.1, 0.15) is 22.2 Å². The summed E-state index contributed by atoms with van der Waals surface area (Å²) in [6.45, 7) is 2.18. The molecule has 2 aromatic rings. The molecule has 0 radical (unpaired) electrons. The number of likely N-dealkylation sites (N-methyl/N-ethyl adjacent to an activating group) is 1. The zero-order valence-electron chi connectivity index (χ0n) is 12.4. The Labute approximate surface area is 142 Å². The molecule has 0 aliphatic rings. The summed E-state index contributed by atoms with van der Waals surface area (Å²) in [6, 6.07) is 10.7. The maximum atomic E-state index is 12.4. The van der Waals surface area contributed by atoms with Gasteiger partial charge < -0.3 is 10.2 Å². The summed E-state index contributed by atoms with van der Waals surface area (Å²) in [5, 5.41) is 4.57. The second kappa shape index (κ2) is 7.56. The van der Waals surface area contributed by atoms with Crippen molar-refractivity contribution < 1.29 is 9.59 Å². The maximum absolute atomic E-state index is 12.4. The standard InChI is InChI=1S/C16H17BrN2O2S/c1-11(18-15(20)14-8-5-9-22-14)16(21)19(2)10-12-6-3-4-7-13(12)17/h3-9,11H,10H2,1-2H3,(H,18,20). The Morgan fingerprint density at radius 1 is 1.27 bits per heavy atom. The zero-order chi connectivity index (χ0) is 16.1. The van der Waals surface area contributed by atoms with Crippen molar-refractivity contribution in [2.45, 2.75) is 19.5 Å². The zero-order valence-corrected chi connectivity index (χ0v) is 14.8. The average Bonchev–Trinajstić information content (AvgIpc) is 3.03. The second-order valence-corrected chi connectivity index (χ2v) is 6.76. The van der Waals surface area contributed by atoms with Gasteiger partial charge in [0.05, 0.1) is 4.88 Å². The van der Waals surface area contributed by atoms with Gasteiger partial charge in [0.1, 0.15) is 6.04 Å². The number of rotatable bonds is 5. The first-order valence-corrected chi connectivity index (χ1v) is 8.49. The molecular weight excluding hydrogens is 364 g/mol. The quantitative estimate of drug-likeness (QED) is 0.864. The third-order valence-corrected chi connectivity index (χ3v) is 4.85. The van der Waals surface area contributed by atoms with Gasteiger partial charge in [-0.05, 0) is 30.0 Å². The molecule has 0 aliphatic heterocycles. The van der Waals surface area contributed by atoms with Gasteiger partial charge in [-0.1, -0.05) is 40.2 Å². The number of carbonyl (C=O) groups excluding carboxylic acids is 2. The van der Waals surface area contributed by atoms with E-state index in [0.29, 0.717) is 11.4 Å². The highest BCUT2D eigenvalue weighted by atomic mass is 79.9. The maximum Gasteiger partial charge on any atom is 0.261 e. The van der Waals surface area contributed by atoms with Crippen LogP contribution in [0.25, 0.3) is 0 Å². The number of nitrogens with zero attached hydrogens (tertiary/aromatic N) is 1. The van der Waals surface area contributed by atoms with E-state index >= 15 is 0 Å². The fourth-order valence-electron chi connectivity index (χ4n) is 2.03. The minimum Gasteiger partial charge on any atom is -0.340 e. The highest BCUT2D eigenvalue weighted by Gasteiger charge is 2.21. The molecule has 1 atom stereocenters. The number of halogens is 1. The van der Waals surface area contributed by atoms with E-state index in [9.17, 15) is 9.59 Å². The van der Waals surface area contributed by atoms with Crippen molar-refractivity contribution in [1.29, 1.82) is 0 Å². The monoisotopic (exact) mass is 380 g/mol. The van der Waals surface area contributed by atoms with Gasteiger partial charge in [-0.2, -0.15) is 0 Å². The van der Waals surface area contributed by atoms with Crippen LogP contribution in [0.15, 0.2) is 46.3 Å². The molecule has 1 N–H and O–H groups in total. The third-order valence-electron chi connectivity index (χ3n) is 3.20. The summed E-state index contributed by atoms with van der Waals surface area (Å²) >= 11 is 4.83. The van der Waals surface area contributed by atoms with Crippen molar-refractivity contribution in [2.75, 3.05) is 7.05 Å². The summed E-state index contributed by atoms with van der Waals surface area (Å²) in [5.41, 5.74) is 1.02. The van der Waals surface area contributed by atoms with Crippen molar-refractivity contribution in [1.82, 2.24) is 10.2 Å². The number of hydrogen-bond acceptors (Lipinski definition) is 3. The van der Waals surface area contributed by atoms with E-state index in [4.69, 9.17) is 0 Å². The van der Waals surface area contributed by atoms with Crippen molar-refractivity contribution in [3.8, 4) is 0 Å². The van der Waals surface area contributed by atoms with Crippen LogP contribution in [0.3, 0.4) is 0 Å². The molecule has 1 heterocycles. The highest BCUT2D eigenvalue weighted by Crippen LogP contribution is 2.17. The Morgan fingerprint density at radius 3 is 2.64 bits per heavy atom. The van der Waals surface area contributed by atoms with Crippen LogP contribution in [0.4, 0.5) is 0 Å². The molecule has 0 aliphatic carbocycles. The summed E-state index contributed by atoms with van der Waals surface area (Å²) in [7, 11) is 1.73. The van der Waals surface area contributed by atoms with Crippen LogP contribution in [-0.2, 0) is 11.3 Å². The van der Waals surface area contributed by atoms with Crippen LogP contribution in [0.2, 0.25) is 0 Å². The first kappa shape index (κ1) is 16.7. The van der Waals surface area contributed by atoms with Crippen molar-refractivity contribution in [3.05, 3.63) is 56.7 Å². The van der Waals surface area contributed by atoms with Gasteiger partial charge in [-0.3, -0.25) is 9.59 Å². The normalized spacial score (nSPS) is 11.8. The van der Waals surface area contributed by atoms with Crippen molar-refractivity contribution in [2.24, 2.45) is 0 Å². The Morgan fingerprint density at radius 2 is 2.00 bits per heavy atom. The van der Waals surface area contributed by atoms with E-state index < -0.39 is 6.04 Å². The molecule has 0 saturated carbocycles. The number of carbonyl (C=O) groups is 2. The summed E-state index contributed by atoms with van der Waals surface area (Å²) in [5.74, 6) is -0.342. The van der Waals surface area contributed by atoms with E-state index in [1.54, 1.807) is 24.9 Å². The SMILES string of the molecule is CC(NC(=O)c1cccs1)C(=O)N(C)Cc1ccccc1Br. The van der Waals surface area contributed by atoms with Gasteiger partial charge >= 0.3 is 0 Å². The molecule has 0 bridgehead atoms. The number of hydrogen-bond donors (Lipinski definition) is 1. The molecule has 6 heteroatoms. The Bertz CT molecular complexity index is 658. The fourth-order valence-corrected chi connectivity index (χ4v) is 3.06. The molecule has 1 unspecified atom stereocenters. The van der Waals surface area contributed by atoms with Crippen LogP contribution < -0.4 is 5.32 Å². The smallest absolute Gasteiger partial charge is 0.261 e. The highest BCUT2D eigenvalue weighted by molar-refractivity contribution is 9.10. The van der Waals surface area contributed by atoms with Gasteiger partial charge in [-0.25, -0.2) is 0 Å². The number of nitrogens with one attached hydrogen (secondary N) is 1. The van der Waals surface area contributed by atoms with E-state index in [1.165, 1.54) is 11.3 Å². The lowest BCUT2D eigenvalue weighted by atomic mass is 10.2. The Kier molecular flexibility index (Phi) is 5.74. The molecule has 0 spiro atoms. The predicted octanol–water partition coefficient (Wildman–Crippen LogP) is 3.29. The molecule has 22 heavy (non-hydrogen) atoms. The summed E-state index contributed by atoms with van der Waals surface area (Å²) in [6.07, 6.45) is 0. The van der Waals surface area contributed by atoms with Gasteiger partial charge in [0.2, 0.25) is 5.91 Å². The van der Waals surface area contributed by atoms with E-state index in [1.807, 2.05) is 35.7 Å². The lowest BCUT2D eigenvalue weighted by molar-refractivity contribution is -0.132. The molecule has 0 saturated heterocycles. The van der Waals surface area contributed by atoms with Crippen LogP contribution in [-0.4, -0.2) is 29.8 Å². The van der Waals surface area contributed by atoms with Crippen LogP contribution in [0, 0.1) is 0 Å². The molecule has 4 nitrogen and oxygen atoms in total. The second-order valence-electron chi connectivity index (χ2n) is 4.96. The largest absolute Gasteiger partial charge is 0.340 e. The van der Waals surface area contributed by atoms with Gasteiger partial charge in [-0.15, -0.1) is 11.3 Å². The molecule has 2 amide bonds. The summed E-state index contributed by atoms with van der Waals surface area (Å²) < 4.78 is 0.963. The van der Waals surface area contributed by atoms with Crippen molar-refractivity contribution >= 4 is 39.1 Å². The first-order chi connectivity index (χ1) is 10.5. The molecule has 0 fully saturated rings. The van der Waals surface area contributed by atoms with Gasteiger partial charge in [0.25, 0.3) is 5.91 Å². The fraction of sp³-hybridized carbons (Fsp3) is 0.250. The van der Waals surface area contributed by atoms with Crippen LogP contribution >= 0.6 is 27.3 Å². The molecule has 116 valence electrons. The number of benzene rings is 1. The van der Waals surface area contributed by atoms with E-state index in [-0.39, 0.29) is 11.8 Å². The van der Waals surface area contributed by atoms with E-state index in [0.717, 1.165) is 10.0 Å². The van der Waals surface area contributed by atoms with E-state index in [2.05, 4.69) is 21.2 Å². The molecular formula is C16H17BrN2O2S. The predicted molar refractivity (Wildman–Crippen MR) is 91.9 cm³/mol. The number of amides is 2. The topological polar surface area (TPSA) is 49.4 Å². The number of thiophene rings is 1. The molecule has 1 aromatic carbocycles. The minimum atomic E-state index is -0.568. The lowest BCUT2D eigenvalue weighted by Crippen LogP contribution is -2.45. The molecule has 1 aromatic heterocycles. The Hall–Kier alpha value is -1.66. The lowest BCUT2D eigenvalue weighted by Gasteiger charge is -2.22.